The number of hydrogen-bond donors (Lipinski definition) is 1. The zero-order valence-corrected chi connectivity index (χ0v) is 12.1. The number of aliphatic hydroxyl groups excluding tert-OH is 1. The maximum atomic E-state index is 11.8. The number of hydrogen-bond acceptors (Lipinski definition) is 3. The van der Waals surface area contributed by atoms with Crippen LogP contribution in [0.4, 0.5) is 0 Å². The molecule has 0 saturated carbocycles. The van der Waals surface area contributed by atoms with Gasteiger partial charge in [0.05, 0.1) is 11.0 Å². The van der Waals surface area contributed by atoms with Crippen molar-refractivity contribution in [2.75, 3.05) is 12.4 Å². The average Bonchev–Trinajstić information content (AvgIpc) is 2.31. The summed E-state index contributed by atoms with van der Waals surface area (Å²) in [6.07, 6.45) is 0.474. The van der Waals surface area contributed by atoms with Crippen LogP contribution >= 0.6 is 0 Å². The minimum Gasteiger partial charge on any atom is -0.396 e. The summed E-state index contributed by atoms with van der Waals surface area (Å²) in [5.41, 5.74) is 2.14. The molecular formula is C14H22O3S. The molecule has 1 unspecified atom stereocenters. The Morgan fingerprint density at radius 3 is 2.33 bits per heavy atom. The first-order valence-corrected chi connectivity index (χ1v) is 7.98. The second-order valence-electron chi connectivity index (χ2n) is 4.94. The van der Waals surface area contributed by atoms with E-state index in [0.29, 0.717) is 6.42 Å². The Morgan fingerprint density at radius 1 is 1.22 bits per heavy atom. The summed E-state index contributed by atoms with van der Waals surface area (Å²) < 4.78 is 23.6. The van der Waals surface area contributed by atoms with Crippen molar-refractivity contribution < 1.29 is 13.5 Å². The molecule has 0 bridgehead atoms. The molecular weight excluding hydrogens is 248 g/mol. The predicted molar refractivity (Wildman–Crippen MR) is 74.5 cm³/mol. The summed E-state index contributed by atoms with van der Waals surface area (Å²) in [5, 5.41) is 9.09. The monoisotopic (exact) mass is 270 g/mol. The van der Waals surface area contributed by atoms with Gasteiger partial charge in [0, 0.05) is 12.5 Å². The standard InChI is InChI=1S/C14H22O3S/c1-11(2)18(16,17)9-8-13(10-15)14-7-5-4-6-12(14)3/h4-7,11,13,15H,8-10H2,1-3H3. The van der Waals surface area contributed by atoms with Gasteiger partial charge in [-0.15, -0.1) is 0 Å². The van der Waals surface area contributed by atoms with Crippen molar-refractivity contribution in [3.8, 4) is 0 Å². The van der Waals surface area contributed by atoms with Crippen LogP contribution < -0.4 is 0 Å². The molecule has 1 aromatic carbocycles. The van der Waals surface area contributed by atoms with Crippen LogP contribution in [0, 0.1) is 6.92 Å². The molecule has 1 rings (SSSR count). The lowest BCUT2D eigenvalue weighted by molar-refractivity contribution is 0.262. The second kappa shape index (κ2) is 6.34. The highest BCUT2D eigenvalue weighted by atomic mass is 32.2. The third-order valence-corrected chi connectivity index (χ3v) is 5.56. The van der Waals surface area contributed by atoms with Gasteiger partial charge in [-0.25, -0.2) is 8.42 Å². The highest BCUT2D eigenvalue weighted by Gasteiger charge is 2.20. The van der Waals surface area contributed by atoms with Gasteiger partial charge in [0.2, 0.25) is 0 Å². The topological polar surface area (TPSA) is 54.4 Å². The third-order valence-electron chi connectivity index (χ3n) is 3.32. The molecule has 1 aromatic rings. The first kappa shape index (κ1) is 15.2. The Balaban J connectivity index is 2.79. The Labute approximate surface area is 110 Å². The fraction of sp³-hybridized carbons (Fsp3) is 0.571. The van der Waals surface area contributed by atoms with Crippen LogP contribution in [0.5, 0.6) is 0 Å². The minimum absolute atomic E-state index is 0.0154. The fourth-order valence-electron chi connectivity index (χ4n) is 1.93. The van der Waals surface area contributed by atoms with Crippen molar-refractivity contribution in [3.05, 3.63) is 35.4 Å². The van der Waals surface area contributed by atoms with Gasteiger partial charge < -0.3 is 5.11 Å². The van der Waals surface area contributed by atoms with Crippen molar-refractivity contribution >= 4 is 9.84 Å². The SMILES string of the molecule is Cc1ccccc1C(CO)CCS(=O)(=O)C(C)C. The van der Waals surface area contributed by atoms with Gasteiger partial charge in [-0.3, -0.25) is 0 Å². The largest absolute Gasteiger partial charge is 0.396 e. The van der Waals surface area contributed by atoms with E-state index < -0.39 is 9.84 Å². The van der Waals surface area contributed by atoms with Crippen molar-refractivity contribution in [2.45, 2.75) is 38.4 Å². The smallest absolute Gasteiger partial charge is 0.152 e. The van der Waals surface area contributed by atoms with Gasteiger partial charge in [0.25, 0.3) is 0 Å². The van der Waals surface area contributed by atoms with E-state index in [0.717, 1.165) is 11.1 Å². The van der Waals surface area contributed by atoms with Crippen molar-refractivity contribution in [1.82, 2.24) is 0 Å². The van der Waals surface area contributed by atoms with Gasteiger partial charge in [-0.05, 0) is 38.3 Å². The van der Waals surface area contributed by atoms with Gasteiger partial charge in [-0.1, -0.05) is 24.3 Å². The van der Waals surface area contributed by atoms with Gasteiger partial charge in [-0.2, -0.15) is 0 Å². The number of rotatable bonds is 6. The molecule has 0 fully saturated rings. The molecule has 1 atom stereocenters. The van der Waals surface area contributed by atoms with Gasteiger partial charge >= 0.3 is 0 Å². The molecule has 0 radical (unpaired) electrons. The van der Waals surface area contributed by atoms with E-state index in [1.54, 1.807) is 13.8 Å². The molecule has 0 aliphatic rings. The molecule has 0 spiro atoms. The quantitative estimate of drug-likeness (QED) is 0.863. The highest BCUT2D eigenvalue weighted by molar-refractivity contribution is 7.91. The summed E-state index contributed by atoms with van der Waals surface area (Å²) in [5.74, 6) is 0.0317. The molecule has 4 heteroatoms. The molecule has 3 nitrogen and oxygen atoms in total. The number of aliphatic hydroxyl groups is 1. The average molecular weight is 270 g/mol. The Kier molecular flexibility index (Phi) is 5.35. The second-order valence-corrected chi connectivity index (χ2v) is 7.62. The Morgan fingerprint density at radius 2 is 1.83 bits per heavy atom. The normalized spacial score (nSPS) is 13.8. The molecule has 0 aliphatic heterocycles. The molecule has 0 heterocycles. The van der Waals surface area contributed by atoms with Crippen LogP contribution in [0.15, 0.2) is 24.3 Å². The fourth-order valence-corrected chi connectivity index (χ4v) is 3.02. The van der Waals surface area contributed by atoms with Crippen molar-refractivity contribution in [3.63, 3.8) is 0 Å². The Bertz CT molecular complexity index is 478. The van der Waals surface area contributed by atoms with E-state index in [9.17, 15) is 13.5 Å². The number of aryl methyl sites for hydroxylation is 1. The number of sulfone groups is 1. The zero-order chi connectivity index (χ0) is 13.8. The lowest BCUT2D eigenvalue weighted by Gasteiger charge is -2.17. The summed E-state index contributed by atoms with van der Waals surface area (Å²) in [4.78, 5) is 0. The summed E-state index contributed by atoms with van der Waals surface area (Å²) in [6.45, 7) is 5.35. The van der Waals surface area contributed by atoms with Crippen LogP contribution in [0.1, 0.15) is 37.3 Å². The molecule has 0 amide bonds. The van der Waals surface area contributed by atoms with E-state index >= 15 is 0 Å². The first-order valence-electron chi connectivity index (χ1n) is 6.26. The molecule has 102 valence electrons. The highest BCUT2D eigenvalue weighted by Crippen LogP contribution is 2.23. The van der Waals surface area contributed by atoms with Crippen molar-refractivity contribution in [1.29, 1.82) is 0 Å². The molecule has 0 aliphatic carbocycles. The van der Waals surface area contributed by atoms with Gasteiger partial charge in [0.1, 0.15) is 0 Å². The van der Waals surface area contributed by atoms with Gasteiger partial charge in [0.15, 0.2) is 9.84 Å². The summed E-state index contributed by atoms with van der Waals surface area (Å²) >= 11 is 0. The van der Waals surface area contributed by atoms with Crippen LogP contribution in [0.3, 0.4) is 0 Å². The molecule has 18 heavy (non-hydrogen) atoms. The van der Waals surface area contributed by atoms with Crippen LogP contribution in [-0.2, 0) is 9.84 Å². The third kappa shape index (κ3) is 3.82. The van der Waals surface area contributed by atoms with Crippen LogP contribution in [0.25, 0.3) is 0 Å². The molecule has 1 N–H and O–H groups in total. The first-order chi connectivity index (χ1) is 8.38. The predicted octanol–water partition coefficient (Wildman–Crippen LogP) is 2.28. The molecule has 0 saturated heterocycles. The summed E-state index contributed by atoms with van der Waals surface area (Å²) in [6, 6.07) is 7.80. The van der Waals surface area contributed by atoms with Crippen LogP contribution in [-0.4, -0.2) is 31.1 Å². The number of benzene rings is 1. The van der Waals surface area contributed by atoms with Crippen molar-refractivity contribution in [2.24, 2.45) is 0 Å². The molecule has 0 aromatic heterocycles. The Hall–Kier alpha value is -0.870. The summed E-state index contributed by atoms with van der Waals surface area (Å²) in [7, 11) is -3.04. The van der Waals surface area contributed by atoms with E-state index in [-0.39, 0.29) is 23.5 Å². The van der Waals surface area contributed by atoms with E-state index in [1.165, 1.54) is 0 Å². The minimum atomic E-state index is -3.04. The van der Waals surface area contributed by atoms with E-state index in [1.807, 2.05) is 31.2 Å². The maximum Gasteiger partial charge on any atom is 0.152 e. The lowest BCUT2D eigenvalue weighted by atomic mass is 9.93. The zero-order valence-electron chi connectivity index (χ0n) is 11.3. The maximum absolute atomic E-state index is 11.8. The van der Waals surface area contributed by atoms with E-state index in [4.69, 9.17) is 0 Å². The van der Waals surface area contributed by atoms with E-state index in [2.05, 4.69) is 0 Å². The van der Waals surface area contributed by atoms with Crippen LogP contribution in [0.2, 0.25) is 0 Å². The lowest BCUT2D eigenvalue weighted by Crippen LogP contribution is -2.20.